The van der Waals surface area contributed by atoms with Crippen LogP contribution in [-0.4, -0.2) is 0 Å². The molecule has 0 fully saturated rings. The summed E-state index contributed by atoms with van der Waals surface area (Å²) in [6.45, 7) is 0. The fraction of sp³-hybridized carbons (Fsp3) is 0. The molecule has 2 aromatic rings. The number of benzene rings is 1. The summed E-state index contributed by atoms with van der Waals surface area (Å²) < 4.78 is 6.81. The fourth-order valence-corrected chi connectivity index (χ4v) is 2.21. The van der Waals surface area contributed by atoms with Crippen LogP contribution in [0, 0.1) is 11.3 Å². The lowest BCUT2D eigenvalue weighted by atomic mass is 10.1. The molecule has 0 aliphatic carbocycles. The molecule has 18 heavy (non-hydrogen) atoms. The highest BCUT2D eigenvalue weighted by Gasteiger charge is 2.07. The molecule has 0 N–H and O–H groups in total. The Morgan fingerprint density at radius 2 is 2.11 bits per heavy atom. The molecule has 0 unspecified atom stereocenters. The molecule has 0 bridgehead atoms. The van der Waals surface area contributed by atoms with E-state index >= 15 is 0 Å². The molecule has 1 heterocycles. The minimum Gasteiger partial charge on any atom is -0.449 e. The van der Waals surface area contributed by atoms with E-state index < -0.39 is 0 Å². The molecule has 2 rings (SSSR count). The minimum atomic E-state index is 0.492. The number of nitrogens with zero attached hydrogens (tertiary/aromatic N) is 1. The van der Waals surface area contributed by atoms with Gasteiger partial charge in [-0.05, 0) is 61.7 Å². The Balaban J connectivity index is 2.43. The van der Waals surface area contributed by atoms with Gasteiger partial charge in [0, 0.05) is 5.02 Å². The predicted molar refractivity (Wildman–Crippen MR) is 79.0 cm³/mol. The molecular formula is C13H6Br2ClNO. The van der Waals surface area contributed by atoms with Crippen LogP contribution in [0.15, 0.2) is 43.9 Å². The van der Waals surface area contributed by atoms with Crippen molar-refractivity contribution < 1.29 is 4.42 Å². The number of halogens is 3. The molecule has 0 spiro atoms. The van der Waals surface area contributed by atoms with E-state index in [4.69, 9.17) is 16.0 Å². The van der Waals surface area contributed by atoms with Crippen LogP contribution in [0.4, 0.5) is 0 Å². The number of hydrogen-bond donors (Lipinski definition) is 0. The SMILES string of the molecule is N#C/C(=C/c1cc(Br)c(Br)o1)c1cccc(Cl)c1. The summed E-state index contributed by atoms with van der Waals surface area (Å²) in [5.74, 6) is 0.588. The van der Waals surface area contributed by atoms with Crippen LogP contribution in [0.25, 0.3) is 11.6 Å². The van der Waals surface area contributed by atoms with Crippen molar-refractivity contribution in [3.63, 3.8) is 0 Å². The zero-order chi connectivity index (χ0) is 13.1. The topological polar surface area (TPSA) is 36.9 Å². The summed E-state index contributed by atoms with van der Waals surface area (Å²) in [6.07, 6.45) is 1.67. The highest BCUT2D eigenvalue weighted by atomic mass is 79.9. The molecule has 0 amide bonds. The van der Waals surface area contributed by atoms with Crippen LogP contribution in [0.1, 0.15) is 11.3 Å². The van der Waals surface area contributed by atoms with Gasteiger partial charge < -0.3 is 4.42 Å². The smallest absolute Gasteiger partial charge is 0.184 e. The van der Waals surface area contributed by atoms with Crippen molar-refractivity contribution in [3.05, 3.63) is 55.8 Å². The van der Waals surface area contributed by atoms with Gasteiger partial charge in [-0.3, -0.25) is 0 Å². The van der Waals surface area contributed by atoms with Crippen LogP contribution in [0.5, 0.6) is 0 Å². The standard InChI is InChI=1S/C13H6Br2ClNO/c14-12-6-11(18-13(12)15)5-9(7-17)8-2-1-3-10(16)4-8/h1-6H/b9-5-. The number of nitriles is 1. The average molecular weight is 387 g/mol. The number of allylic oxidation sites excluding steroid dienone is 1. The largest absolute Gasteiger partial charge is 0.449 e. The predicted octanol–water partition coefficient (Wildman–Crippen LogP) is 5.52. The molecule has 0 radical (unpaired) electrons. The van der Waals surface area contributed by atoms with Gasteiger partial charge in [-0.25, -0.2) is 0 Å². The van der Waals surface area contributed by atoms with Gasteiger partial charge in [-0.2, -0.15) is 5.26 Å². The lowest BCUT2D eigenvalue weighted by molar-refractivity contribution is 0.530. The summed E-state index contributed by atoms with van der Waals surface area (Å²) in [5.41, 5.74) is 1.25. The normalized spacial score (nSPS) is 11.3. The van der Waals surface area contributed by atoms with Gasteiger partial charge in [0.2, 0.25) is 0 Å². The van der Waals surface area contributed by atoms with Crippen molar-refractivity contribution in [2.75, 3.05) is 0 Å². The van der Waals surface area contributed by atoms with E-state index in [1.54, 1.807) is 30.3 Å². The molecule has 5 heteroatoms. The van der Waals surface area contributed by atoms with Gasteiger partial charge in [0.15, 0.2) is 4.67 Å². The summed E-state index contributed by atoms with van der Waals surface area (Å²) in [5, 5.41) is 9.77. The van der Waals surface area contributed by atoms with Crippen molar-refractivity contribution in [1.82, 2.24) is 0 Å². The van der Waals surface area contributed by atoms with Gasteiger partial charge in [0.05, 0.1) is 16.1 Å². The van der Waals surface area contributed by atoms with E-state index in [2.05, 4.69) is 37.9 Å². The van der Waals surface area contributed by atoms with E-state index in [0.29, 0.717) is 21.0 Å². The van der Waals surface area contributed by atoms with E-state index in [1.165, 1.54) is 0 Å². The molecule has 1 aromatic heterocycles. The van der Waals surface area contributed by atoms with Crippen molar-refractivity contribution >= 4 is 55.1 Å². The molecule has 0 saturated heterocycles. The minimum absolute atomic E-state index is 0.492. The average Bonchev–Trinajstić information content (AvgIpc) is 2.65. The molecule has 0 saturated carbocycles. The van der Waals surface area contributed by atoms with Crippen LogP contribution in [-0.2, 0) is 0 Å². The van der Waals surface area contributed by atoms with Gasteiger partial charge in [-0.1, -0.05) is 23.7 Å². The first-order valence-corrected chi connectivity index (χ1v) is 6.89. The first-order valence-electron chi connectivity index (χ1n) is 4.92. The number of rotatable bonds is 2. The molecule has 1 aromatic carbocycles. The molecule has 0 aliphatic rings. The Labute approximate surface area is 126 Å². The van der Waals surface area contributed by atoms with Crippen molar-refractivity contribution in [3.8, 4) is 6.07 Å². The number of furan rings is 1. The lowest BCUT2D eigenvalue weighted by Gasteiger charge is -1.98. The van der Waals surface area contributed by atoms with Gasteiger partial charge in [0.25, 0.3) is 0 Å². The maximum atomic E-state index is 9.18. The molecule has 2 nitrogen and oxygen atoms in total. The monoisotopic (exact) mass is 385 g/mol. The second-order valence-corrected chi connectivity index (χ2v) is 5.46. The summed E-state index contributed by atoms with van der Waals surface area (Å²) in [4.78, 5) is 0. The van der Waals surface area contributed by atoms with E-state index in [1.807, 2.05) is 6.07 Å². The zero-order valence-electron chi connectivity index (χ0n) is 8.95. The van der Waals surface area contributed by atoms with Crippen molar-refractivity contribution in [1.29, 1.82) is 5.26 Å². The highest BCUT2D eigenvalue weighted by molar-refractivity contribution is 9.13. The molecule has 0 aliphatic heterocycles. The lowest BCUT2D eigenvalue weighted by Crippen LogP contribution is -1.80. The fourth-order valence-electron chi connectivity index (χ4n) is 1.41. The summed E-state index contributed by atoms with van der Waals surface area (Å²) in [6, 6.07) is 11.1. The maximum Gasteiger partial charge on any atom is 0.184 e. The van der Waals surface area contributed by atoms with E-state index in [0.717, 1.165) is 10.0 Å². The number of hydrogen-bond acceptors (Lipinski definition) is 2. The zero-order valence-corrected chi connectivity index (χ0v) is 12.9. The van der Waals surface area contributed by atoms with Gasteiger partial charge >= 0.3 is 0 Å². The van der Waals surface area contributed by atoms with Gasteiger partial charge in [0.1, 0.15) is 5.76 Å². The van der Waals surface area contributed by atoms with Crippen LogP contribution >= 0.6 is 43.5 Å². The van der Waals surface area contributed by atoms with Gasteiger partial charge in [-0.15, -0.1) is 0 Å². The summed E-state index contributed by atoms with van der Waals surface area (Å²) in [7, 11) is 0. The van der Waals surface area contributed by atoms with Crippen molar-refractivity contribution in [2.24, 2.45) is 0 Å². The third kappa shape index (κ3) is 3.05. The highest BCUT2D eigenvalue weighted by Crippen LogP contribution is 2.29. The first kappa shape index (κ1) is 13.4. The molecular weight excluding hydrogens is 381 g/mol. The maximum absolute atomic E-state index is 9.18. The van der Waals surface area contributed by atoms with Crippen molar-refractivity contribution in [2.45, 2.75) is 0 Å². The Bertz CT molecular complexity index is 636. The van der Waals surface area contributed by atoms with Crippen LogP contribution in [0.3, 0.4) is 0 Å². The molecule has 0 atom stereocenters. The summed E-state index contributed by atoms with van der Waals surface area (Å²) >= 11 is 12.5. The second-order valence-electron chi connectivity index (χ2n) is 3.45. The van der Waals surface area contributed by atoms with E-state index in [9.17, 15) is 5.26 Å². The van der Waals surface area contributed by atoms with Crippen LogP contribution in [0.2, 0.25) is 5.02 Å². The van der Waals surface area contributed by atoms with E-state index in [-0.39, 0.29) is 0 Å². The Hall–Kier alpha value is -1.02. The molecule has 90 valence electrons. The second kappa shape index (κ2) is 5.75. The Morgan fingerprint density at radius 1 is 1.33 bits per heavy atom. The third-order valence-corrected chi connectivity index (χ3v) is 4.15. The Kier molecular flexibility index (Phi) is 4.28. The third-order valence-electron chi connectivity index (χ3n) is 2.21. The quantitative estimate of drug-likeness (QED) is 0.636. The first-order chi connectivity index (χ1) is 8.60. The Morgan fingerprint density at radius 3 is 2.67 bits per heavy atom. The van der Waals surface area contributed by atoms with Crippen LogP contribution < -0.4 is 0 Å².